The second-order valence-electron chi connectivity index (χ2n) is 4.75. The van der Waals surface area contributed by atoms with Gasteiger partial charge in [-0.1, -0.05) is 12.1 Å². The summed E-state index contributed by atoms with van der Waals surface area (Å²) in [5.74, 6) is 0. The van der Waals surface area contributed by atoms with E-state index in [1.165, 1.54) is 12.0 Å². The molecule has 3 heteroatoms. The molecule has 3 N–H and O–H groups in total. The first-order valence-corrected chi connectivity index (χ1v) is 5.87. The summed E-state index contributed by atoms with van der Waals surface area (Å²) in [5, 5.41) is 3.44. The average molecular weight is 220 g/mol. The van der Waals surface area contributed by atoms with E-state index in [0.717, 1.165) is 31.8 Å². The number of benzene rings is 1. The number of nitrogens with one attached hydrogen (secondary N) is 1. The summed E-state index contributed by atoms with van der Waals surface area (Å²) < 4.78 is 5.71. The number of rotatable bonds is 4. The van der Waals surface area contributed by atoms with E-state index in [0.29, 0.717) is 0 Å². The topological polar surface area (TPSA) is 47.3 Å². The average Bonchev–Trinajstić information content (AvgIpc) is 2.69. The van der Waals surface area contributed by atoms with Crippen LogP contribution < -0.4 is 11.1 Å². The molecule has 3 nitrogen and oxygen atoms in total. The van der Waals surface area contributed by atoms with Gasteiger partial charge in [-0.25, -0.2) is 0 Å². The highest BCUT2D eigenvalue weighted by Gasteiger charge is 2.28. The van der Waals surface area contributed by atoms with Crippen molar-refractivity contribution in [3.05, 3.63) is 29.8 Å². The van der Waals surface area contributed by atoms with Crippen LogP contribution in [0.25, 0.3) is 0 Å². The minimum Gasteiger partial charge on any atom is -0.399 e. The number of nitrogens with two attached hydrogens (primary N) is 1. The van der Waals surface area contributed by atoms with Crippen molar-refractivity contribution in [2.24, 2.45) is 0 Å². The number of hydrogen-bond donors (Lipinski definition) is 2. The summed E-state index contributed by atoms with van der Waals surface area (Å²) in [7, 11) is 0. The van der Waals surface area contributed by atoms with Gasteiger partial charge in [-0.2, -0.15) is 0 Å². The Morgan fingerprint density at radius 2 is 2.12 bits per heavy atom. The molecule has 1 aliphatic rings. The zero-order chi connectivity index (χ0) is 11.4. The molecule has 88 valence electrons. The van der Waals surface area contributed by atoms with Gasteiger partial charge in [0.05, 0.1) is 5.60 Å². The molecule has 0 spiro atoms. The van der Waals surface area contributed by atoms with Crippen LogP contribution in [0.4, 0.5) is 5.69 Å². The Hall–Kier alpha value is -1.06. The van der Waals surface area contributed by atoms with Gasteiger partial charge in [0.2, 0.25) is 0 Å². The highest BCUT2D eigenvalue weighted by Crippen LogP contribution is 2.23. The highest BCUT2D eigenvalue weighted by atomic mass is 16.5. The maximum absolute atomic E-state index is 5.71. The first kappa shape index (κ1) is 11.4. The van der Waals surface area contributed by atoms with Crippen LogP contribution in [0.15, 0.2) is 24.3 Å². The van der Waals surface area contributed by atoms with Gasteiger partial charge in [0.15, 0.2) is 0 Å². The Morgan fingerprint density at radius 3 is 2.75 bits per heavy atom. The van der Waals surface area contributed by atoms with Gasteiger partial charge < -0.3 is 15.8 Å². The molecule has 1 aromatic rings. The summed E-state index contributed by atoms with van der Waals surface area (Å²) in [5.41, 5.74) is 7.75. The number of anilines is 1. The fourth-order valence-electron chi connectivity index (χ4n) is 2.08. The molecular formula is C13H20N2O. The van der Waals surface area contributed by atoms with Crippen LogP contribution in [-0.2, 0) is 11.3 Å². The van der Waals surface area contributed by atoms with Crippen LogP contribution in [-0.4, -0.2) is 18.8 Å². The summed E-state index contributed by atoms with van der Waals surface area (Å²) in [6, 6.07) is 7.98. The van der Waals surface area contributed by atoms with Gasteiger partial charge in [-0.3, -0.25) is 0 Å². The molecule has 0 amide bonds. The summed E-state index contributed by atoms with van der Waals surface area (Å²) >= 11 is 0. The number of hydrogen-bond acceptors (Lipinski definition) is 3. The molecule has 16 heavy (non-hydrogen) atoms. The molecule has 1 atom stereocenters. The van der Waals surface area contributed by atoms with Crippen molar-refractivity contribution >= 4 is 5.69 Å². The van der Waals surface area contributed by atoms with Crippen molar-refractivity contribution < 1.29 is 4.74 Å². The molecule has 1 aliphatic heterocycles. The first-order valence-electron chi connectivity index (χ1n) is 5.87. The van der Waals surface area contributed by atoms with Crippen molar-refractivity contribution in [2.45, 2.75) is 31.9 Å². The third kappa shape index (κ3) is 2.97. The van der Waals surface area contributed by atoms with E-state index in [1.54, 1.807) is 0 Å². The van der Waals surface area contributed by atoms with Crippen LogP contribution in [0.1, 0.15) is 25.3 Å². The zero-order valence-electron chi connectivity index (χ0n) is 9.83. The molecule has 0 radical (unpaired) electrons. The van der Waals surface area contributed by atoms with Crippen molar-refractivity contribution in [1.82, 2.24) is 5.32 Å². The molecule has 1 fully saturated rings. The van der Waals surface area contributed by atoms with E-state index in [2.05, 4.69) is 24.4 Å². The first-order chi connectivity index (χ1) is 7.68. The quantitative estimate of drug-likeness (QED) is 0.762. The van der Waals surface area contributed by atoms with Crippen LogP contribution in [0.3, 0.4) is 0 Å². The fourth-order valence-corrected chi connectivity index (χ4v) is 2.08. The van der Waals surface area contributed by atoms with E-state index >= 15 is 0 Å². The minimum absolute atomic E-state index is 0.0355. The molecular weight excluding hydrogens is 200 g/mol. The number of ether oxygens (including phenoxy) is 1. The van der Waals surface area contributed by atoms with Crippen molar-refractivity contribution in [1.29, 1.82) is 0 Å². The van der Waals surface area contributed by atoms with E-state index in [1.807, 2.05) is 12.1 Å². The lowest BCUT2D eigenvalue weighted by atomic mass is 10.0. The SMILES string of the molecule is CC1(CNCc2ccc(N)cc2)CCCO1. The van der Waals surface area contributed by atoms with E-state index in [9.17, 15) is 0 Å². The molecule has 1 heterocycles. The van der Waals surface area contributed by atoms with E-state index in [-0.39, 0.29) is 5.60 Å². The Bertz CT molecular complexity index is 328. The molecule has 0 saturated carbocycles. The van der Waals surface area contributed by atoms with Gasteiger partial charge >= 0.3 is 0 Å². The second kappa shape index (κ2) is 4.85. The van der Waals surface area contributed by atoms with Crippen LogP contribution in [0.5, 0.6) is 0 Å². The largest absolute Gasteiger partial charge is 0.399 e. The van der Waals surface area contributed by atoms with Gasteiger partial charge in [-0.05, 0) is 37.5 Å². The van der Waals surface area contributed by atoms with Crippen LogP contribution >= 0.6 is 0 Å². The predicted molar refractivity (Wildman–Crippen MR) is 66.2 cm³/mol. The summed E-state index contributed by atoms with van der Waals surface area (Å²) in [6.07, 6.45) is 2.34. The maximum Gasteiger partial charge on any atom is 0.0779 e. The van der Waals surface area contributed by atoms with Crippen molar-refractivity contribution in [3.8, 4) is 0 Å². The van der Waals surface area contributed by atoms with Gasteiger partial charge in [0, 0.05) is 25.4 Å². The minimum atomic E-state index is 0.0355. The molecule has 1 unspecified atom stereocenters. The Labute approximate surface area is 97.0 Å². The van der Waals surface area contributed by atoms with Gasteiger partial charge in [0.1, 0.15) is 0 Å². The summed E-state index contributed by atoms with van der Waals surface area (Å²) in [6.45, 7) is 4.87. The third-order valence-corrected chi connectivity index (χ3v) is 3.11. The van der Waals surface area contributed by atoms with E-state index < -0.39 is 0 Å². The standard InChI is InChI=1S/C13H20N2O/c1-13(7-2-8-16-13)10-15-9-11-3-5-12(14)6-4-11/h3-6,15H,2,7-10,14H2,1H3. The monoisotopic (exact) mass is 220 g/mol. The molecule has 1 aromatic carbocycles. The lowest BCUT2D eigenvalue weighted by molar-refractivity contribution is 0.0207. The molecule has 1 saturated heterocycles. The van der Waals surface area contributed by atoms with Crippen molar-refractivity contribution in [3.63, 3.8) is 0 Å². The maximum atomic E-state index is 5.71. The smallest absolute Gasteiger partial charge is 0.0779 e. The molecule has 0 bridgehead atoms. The number of nitrogen functional groups attached to an aromatic ring is 1. The zero-order valence-corrected chi connectivity index (χ0v) is 9.83. The molecule has 2 rings (SSSR count). The normalized spacial score (nSPS) is 24.8. The van der Waals surface area contributed by atoms with Crippen LogP contribution in [0, 0.1) is 0 Å². The predicted octanol–water partition coefficient (Wildman–Crippen LogP) is 1.93. The lowest BCUT2D eigenvalue weighted by Gasteiger charge is -2.23. The van der Waals surface area contributed by atoms with Gasteiger partial charge in [0.25, 0.3) is 0 Å². The van der Waals surface area contributed by atoms with Crippen molar-refractivity contribution in [2.75, 3.05) is 18.9 Å². The Morgan fingerprint density at radius 1 is 1.38 bits per heavy atom. The van der Waals surface area contributed by atoms with E-state index in [4.69, 9.17) is 10.5 Å². The highest BCUT2D eigenvalue weighted by molar-refractivity contribution is 5.39. The summed E-state index contributed by atoms with van der Waals surface area (Å²) in [4.78, 5) is 0. The molecule has 0 aromatic heterocycles. The second-order valence-corrected chi connectivity index (χ2v) is 4.75. The molecule has 0 aliphatic carbocycles. The third-order valence-electron chi connectivity index (χ3n) is 3.11. The Balaban J connectivity index is 1.77. The lowest BCUT2D eigenvalue weighted by Crippen LogP contribution is -2.36. The Kier molecular flexibility index (Phi) is 3.46. The van der Waals surface area contributed by atoms with Crippen LogP contribution in [0.2, 0.25) is 0 Å². The van der Waals surface area contributed by atoms with Gasteiger partial charge in [-0.15, -0.1) is 0 Å². The fraction of sp³-hybridized carbons (Fsp3) is 0.538.